The van der Waals surface area contributed by atoms with E-state index in [9.17, 15) is 0 Å². The number of benzene rings is 3. The van der Waals surface area contributed by atoms with E-state index in [4.69, 9.17) is 28.6 Å². The van der Waals surface area contributed by atoms with Crippen LogP contribution in [0.1, 0.15) is 20.8 Å². The Bertz CT molecular complexity index is 1180. The number of hydrogen-bond acceptors (Lipinski definition) is 5. The number of ether oxygens (including phenoxy) is 4. The summed E-state index contributed by atoms with van der Waals surface area (Å²) in [5.41, 5.74) is 10.7. The number of azide groups is 1. The molecule has 8 heteroatoms. The fraction of sp³-hybridized carbons (Fsp3) is 0.333. The highest BCUT2D eigenvalue weighted by atomic mass is 19.1. The maximum atomic E-state index is 15.2. The van der Waals surface area contributed by atoms with Crippen LogP contribution < -0.4 is 0 Å². The number of rotatable bonds is 11. The molecule has 0 N–H and O–H groups in total. The van der Waals surface area contributed by atoms with Gasteiger partial charge in [0.1, 0.15) is 24.4 Å². The summed E-state index contributed by atoms with van der Waals surface area (Å²) >= 11 is 0. The lowest BCUT2D eigenvalue weighted by Gasteiger charge is -2.42. The van der Waals surface area contributed by atoms with Crippen LogP contribution in [0.5, 0.6) is 0 Å². The van der Waals surface area contributed by atoms with Gasteiger partial charge >= 0.3 is 0 Å². The van der Waals surface area contributed by atoms with Gasteiger partial charge in [0.2, 0.25) is 6.36 Å². The van der Waals surface area contributed by atoms with Gasteiger partial charge in [-0.1, -0.05) is 96.1 Å². The van der Waals surface area contributed by atoms with Crippen LogP contribution in [0, 0.1) is 0 Å². The van der Waals surface area contributed by atoms with Gasteiger partial charge in [-0.3, -0.25) is 0 Å². The zero-order valence-corrected chi connectivity index (χ0v) is 18.8. The SMILES string of the molecule is [2H]C(OC[C@H]1OC(F)[C@H](N=[N+]=[N-])[C@@H](OC([2H])c2ccccc2)[C@H]1OC([2H])c1ccccc1)c1ccccc1. The third kappa shape index (κ3) is 7.11. The number of hydrogen-bond donors (Lipinski definition) is 0. The normalized spacial score (nSPS) is 27.9. The first-order valence-corrected chi connectivity index (χ1v) is 11.2. The zero-order chi connectivity index (χ0) is 26.9. The molecule has 182 valence electrons. The second-order valence-electron chi connectivity index (χ2n) is 7.84. The maximum Gasteiger partial charge on any atom is 0.210 e. The summed E-state index contributed by atoms with van der Waals surface area (Å²) in [6.45, 7) is -3.83. The highest BCUT2D eigenvalue weighted by Gasteiger charge is 2.47. The molecule has 3 aromatic carbocycles. The van der Waals surface area contributed by atoms with E-state index in [-0.39, 0.29) is 6.61 Å². The molecule has 8 atom stereocenters. The van der Waals surface area contributed by atoms with Gasteiger partial charge in [0, 0.05) is 4.91 Å². The molecule has 1 fully saturated rings. The molecule has 7 nitrogen and oxygen atoms in total. The Kier molecular flexibility index (Phi) is 7.82. The Morgan fingerprint density at radius 1 is 0.800 bits per heavy atom. The monoisotopic (exact) mass is 480 g/mol. The van der Waals surface area contributed by atoms with Crippen molar-refractivity contribution >= 4 is 0 Å². The molecule has 0 amide bonds. The minimum atomic E-state index is -2.09. The van der Waals surface area contributed by atoms with Crippen molar-refractivity contribution in [3.63, 3.8) is 0 Å². The van der Waals surface area contributed by atoms with E-state index in [0.717, 1.165) is 0 Å². The third-order valence-corrected chi connectivity index (χ3v) is 5.39. The first-order valence-electron chi connectivity index (χ1n) is 12.9. The molecule has 4 rings (SSSR count). The van der Waals surface area contributed by atoms with Gasteiger partial charge in [-0.2, -0.15) is 0 Å². The molecular weight excluding hydrogens is 449 g/mol. The van der Waals surface area contributed by atoms with E-state index in [1.807, 2.05) is 6.07 Å². The predicted octanol–water partition coefficient (Wildman–Crippen LogP) is 5.75. The molecule has 0 saturated carbocycles. The van der Waals surface area contributed by atoms with Gasteiger partial charge < -0.3 is 18.9 Å². The lowest BCUT2D eigenvalue weighted by atomic mass is 9.97. The van der Waals surface area contributed by atoms with Crippen LogP contribution in [0.25, 0.3) is 10.4 Å². The molecule has 1 heterocycles. The molecule has 0 aromatic heterocycles. The molecule has 0 aliphatic carbocycles. The highest BCUT2D eigenvalue weighted by Crippen LogP contribution is 2.31. The third-order valence-electron chi connectivity index (χ3n) is 5.39. The van der Waals surface area contributed by atoms with Crippen LogP contribution in [-0.4, -0.2) is 37.3 Å². The van der Waals surface area contributed by atoms with E-state index >= 15 is 4.39 Å². The highest BCUT2D eigenvalue weighted by molar-refractivity contribution is 5.15. The fourth-order valence-electron chi connectivity index (χ4n) is 3.66. The van der Waals surface area contributed by atoms with Crippen molar-refractivity contribution < 1.29 is 27.5 Å². The number of nitrogens with zero attached hydrogens (tertiary/aromatic N) is 3. The Morgan fingerprint density at radius 3 is 1.80 bits per heavy atom. The van der Waals surface area contributed by atoms with Gasteiger partial charge in [-0.05, 0) is 22.2 Å². The number of alkyl halides is 1. The quantitative estimate of drug-likeness (QED) is 0.199. The van der Waals surface area contributed by atoms with Gasteiger partial charge in [-0.15, -0.1) is 0 Å². The van der Waals surface area contributed by atoms with Crippen LogP contribution in [0.2, 0.25) is 0 Å². The van der Waals surface area contributed by atoms with Crippen molar-refractivity contribution in [1.82, 2.24) is 0 Å². The average molecular weight is 481 g/mol. The summed E-state index contributed by atoms with van der Waals surface area (Å²) < 4.78 is 63.9. The van der Waals surface area contributed by atoms with Crippen LogP contribution in [0.15, 0.2) is 96.1 Å². The van der Waals surface area contributed by atoms with Crippen molar-refractivity contribution in [2.45, 2.75) is 50.5 Å². The minimum absolute atomic E-state index is 0.271. The lowest BCUT2D eigenvalue weighted by Crippen LogP contribution is -2.58. The van der Waals surface area contributed by atoms with Crippen LogP contribution in [-0.2, 0) is 38.7 Å². The van der Waals surface area contributed by atoms with Crippen molar-refractivity contribution in [3.05, 3.63) is 118 Å². The van der Waals surface area contributed by atoms with Gasteiger partial charge in [-0.25, -0.2) is 4.39 Å². The van der Waals surface area contributed by atoms with E-state index in [0.29, 0.717) is 16.7 Å². The molecular formula is C27H28FN3O4. The summed E-state index contributed by atoms with van der Waals surface area (Å²) in [7, 11) is 0. The van der Waals surface area contributed by atoms with E-state index < -0.39 is 50.5 Å². The Hall–Kier alpha value is -3.26. The molecule has 0 spiro atoms. The first kappa shape index (κ1) is 21.1. The second kappa shape index (κ2) is 13.0. The van der Waals surface area contributed by atoms with Gasteiger partial charge in [0.25, 0.3) is 0 Å². The molecule has 1 aliphatic rings. The molecule has 0 radical (unpaired) electrons. The standard InChI is InChI=1S/C27H28FN3O4/c28-27-24(30-31-29)26(34-18-22-14-8-3-9-15-22)25(33-17-21-12-6-2-7-13-21)23(35-27)19-32-16-20-10-4-1-5-11-20/h1-15,23-27H,16-19H2/t23-,24-,25+,26-,27?/m1/s1/i16D,17D,18D/t16?,17?,18?,23-,24-,25+,26-,27?. The van der Waals surface area contributed by atoms with Gasteiger partial charge in [0.15, 0.2) is 0 Å². The van der Waals surface area contributed by atoms with Crippen LogP contribution >= 0.6 is 0 Å². The van der Waals surface area contributed by atoms with Crippen LogP contribution in [0.3, 0.4) is 0 Å². The van der Waals surface area contributed by atoms with Gasteiger partial charge in [0.05, 0.1) is 30.5 Å². The largest absolute Gasteiger partial charge is 0.374 e. The first-order chi connectivity index (χ1) is 18.5. The van der Waals surface area contributed by atoms with Crippen molar-refractivity contribution in [1.29, 1.82) is 0 Å². The summed E-state index contributed by atoms with van der Waals surface area (Å²) in [5, 5.41) is 3.55. The average Bonchev–Trinajstić information content (AvgIpc) is 2.96. The van der Waals surface area contributed by atoms with E-state index in [1.165, 1.54) is 0 Å². The topological polar surface area (TPSA) is 85.7 Å². The predicted molar refractivity (Wildman–Crippen MR) is 129 cm³/mol. The van der Waals surface area contributed by atoms with Crippen LogP contribution in [0.4, 0.5) is 4.39 Å². The van der Waals surface area contributed by atoms with Crippen molar-refractivity contribution in [2.75, 3.05) is 6.61 Å². The minimum Gasteiger partial charge on any atom is -0.374 e. The Labute approximate surface area is 208 Å². The summed E-state index contributed by atoms with van der Waals surface area (Å²) in [4.78, 5) is 2.75. The molecule has 0 bridgehead atoms. The molecule has 4 unspecified atom stereocenters. The molecule has 35 heavy (non-hydrogen) atoms. The zero-order valence-electron chi connectivity index (χ0n) is 21.8. The number of halogens is 1. The Morgan fingerprint density at radius 2 is 1.29 bits per heavy atom. The second-order valence-corrected chi connectivity index (χ2v) is 7.84. The summed E-state index contributed by atoms with van der Waals surface area (Å²) in [5.74, 6) is 0. The van der Waals surface area contributed by atoms with E-state index in [1.54, 1.807) is 84.9 Å². The smallest absolute Gasteiger partial charge is 0.210 e. The fourth-order valence-corrected chi connectivity index (χ4v) is 3.66. The summed E-state index contributed by atoms with van der Waals surface area (Å²) in [6.07, 6.45) is -5.67. The molecule has 1 aliphatic heterocycles. The Balaban J connectivity index is 1.62. The lowest BCUT2D eigenvalue weighted by molar-refractivity contribution is -0.253. The molecule has 1 saturated heterocycles. The summed E-state index contributed by atoms with van der Waals surface area (Å²) in [6, 6.07) is 24.7. The van der Waals surface area contributed by atoms with Crippen molar-refractivity contribution in [2.24, 2.45) is 5.11 Å². The molecule has 3 aromatic rings. The van der Waals surface area contributed by atoms with Crippen molar-refractivity contribution in [3.8, 4) is 0 Å². The van der Waals surface area contributed by atoms with E-state index in [2.05, 4.69) is 10.0 Å². The maximum absolute atomic E-state index is 15.2.